The molecule has 1 aromatic heterocycles. The van der Waals surface area contributed by atoms with Gasteiger partial charge in [-0.25, -0.2) is 0 Å². The first-order valence-electron chi connectivity index (χ1n) is 5.53. The Morgan fingerprint density at radius 2 is 2.13 bits per heavy atom. The van der Waals surface area contributed by atoms with Crippen molar-refractivity contribution in [2.24, 2.45) is 0 Å². The highest BCUT2D eigenvalue weighted by molar-refractivity contribution is 9.10. The first kappa shape index (κ1) is 14.6. The molecule has 0 aliphatic rings. The largest absolute Gasteiger partial charge is 0.391 e. The molecule has 1 aromatic rings. The number of hydrogen-bond acceptors (Lipinski definition) is 2. The van der Waals surface area contributed by atoms with Gasteiger partial charge in [-0.05, 0) is 29.3 Å². The summed E-state index contributed by atoms with van der Waals surface area (Å²) in [5.41, 5.74) is 0. The van der Waals surface area contributed by atoms with E-state index in [2.05, 4.69) is 28.0 Å². The van der Waals surface area contributed by atoms with E-state index in [1.165, 1.54) is 0 Å². The zero-order valence-electron chi connectivity index (χ0n) is 9.94. The Labute approximate surface area is 101 Å². The zero-order chi connectivity index (χ0) is 11.8. The highest BCUT2D eigenvalue weighted by Gasteiger charge is 2.16. The third-order valence-corrected chi connectivity index (χ3v) is 2.46. The van der Waals surface area contributed by atoms with Gasteiger partial charge in [-0.3, -0.25) is 4.68 Å². The molecule has 0 aliphatic carbocycles. The molecular weight excluding hydrogens is 256 g/mol. The van der Waals surface area contributed by atoms with Crippen molar-refractivity contribution in [1.29, 1.82) is 0 Å². The van der Waals surface area contributed by atoms with Crippen LogP contribution in [0, 0.1) is 0 Å². The molecule has 0 radical (unpaired) electrons. The molecule has 2 atom stereocenters. The SMILES string of the molecule is CC.CCCC(C(C)O)n1cc(Br)cn1. The minimum atomic E-state index is -0.355. The van der Waals surface area contributed by atoms with E-state index in [1.54, 1.807) is 13.1 Å². The van der Waals surface area contributed by atoms with Gasteiger partial charge in [-0.2, -0.15) is 5.10 Å². The topological polar surface area (TPSA) is 38.0 Å². The third-order valence-electron chi connectivity index (χ3n) is 2.05. The van der Waals surface area contributed by atoms with Crippen LogP contribution in [0.25, 0.3) is 0 Å². The fourth-order valence-electron chi connectivity index (χ4n) is 1.39. The van der Waals surface area contributed by atoms with Gasteiger partial charge in [0, 0.05) is 6.20 Å². The molecule has 0 fully saturated rings. The van der Waals surface area contributed by atoms with Crippen LogP contribution in [-0.2, 0) is 0 Å². The first-order valence-corrected chi connectivity index (χ1v) is 6.32. The lowest BCUT2D eigenvalue weighted by molar-refractivity contribution is 0.117. The number of aliphatic hydroxyl groups is 1. The van der Waals surface area contributed by atoms with Gasteiger partial charge in [0.05, 0.1) is 22.8 Å². The number of halogens is 1. The van der Waals surface area contributed by atoms with E-state index in [-0.39, 0.29) is 12.1 Å². The zero-order valence-corrected chi connectivity index (χ0v) is 11.5. The van der Waals surface area contributed by atoms with Crippen molar-refractivity contribution in [3.8, 4) is 0 Å². The fourth-order valence-corrected chi connectivity index (χ4v) is 1.69. The van der Waals surface area contributed by atoms with Crippen LogP contribution in [0.4, 0.5) is 0 Å². The molecule has 1 heterocycles. The second kappa shape index (κ2) is 7.88. The normalized spacial score (nSPS) is 14.0. The summed E-state index contributed by atoms with van der Waals surface area (Å²) in [6, 6.07) is 0.0938. The highest BCUT2D eigenvalue weighted by atomic mass is 79.9. The van der Waals surface area contributed by atoms with Gasteiger partial charge >= 0.3 is 0 Å². The van der Waals surface area contributed by atoms with Crippen LogP contribution in [0.3, 0.4) is 0 Å². The average Bonchev–Trinajstić information content (AvgIpc) is 2.63. The maximum absolute atomic E-state index is 9.53. The van der Waals surface area contributed by atoms with E-state index in [9.17, 15) is 5.11 Å². The Bertz CT molecular complexity index is 261. The minimum absolute atomic E-state index is 0.0938. The second-order valence-corrected chi connectivity index (χ2v) is 4.15. The Morgan fingerprint density at radius 3 is 2.47 bits per heavy atom. The maximum atomic E-state index is 9.53. The summed E-state index contributed by atoms with van der Waals surface area (Å²) in [5.74, 6) is 0. The third kappa shape index (κ3) is 4.80. The quantitative estimate of drug-likeness (QED) is 0.916. The average molecular weight is 277 g/mol. The summed E-state index contributed by atoms with van der Waals surface area (Å²) >= 11 is 3.34. The van der Waals surface area contributed by atoms with Crippen molar-refractivity contribution in [3.63, 3.8) is 0 Å². The molecule has 0 aromatic carbocycles. The predicted molar refractivity (Wildman–Crippen MR) is 66.9 cm³/mol. The van der Waals surface area contributed by atoms with Crippen molar-refractivity contribution in [2.75, 3.05) is 0 Å². The smallest absolute Gasteiger partial charge is 0.0775 e. The molecule has 2 unspecified atom stereocenters. The molecule has 0 amide bonds. The molecule has 15 heavy (non-hydrogen) atoms. The van der Waals surface area contributed by atoms with Gasteiger partial charge in [0.1, 0.15) is 0 Å². The molecule has 88 valence electrons. The van der Waals surface area contributed by atoms with Gasteiger partial charge < -0.3 is 5.11 Å². The summed E-state index contributed by atoms with van der Waals surface area (Å²) in [6.45, 7) is 7.91. The van der Waals surface area contributed by atoms with Crippen LogP contribution in [0.2, 0.25) is 0 Å². The van der Waals surface area contributed by atoms with Crippen LogP contribution in [0.15, 0.2) is 16.9 Å². The molecule has 3 nitrogen and oxygen atoms in total. The molecule has 0 bridgehead atoms. The van der Waals surface area contributed by atoms with Crippen LogP contribution in [0.5, 0.6) is 0 Å². The molecule has 0 saturated heterocycles. The van der Waals surface area contributed by atoms with E-state index in [0.29, 0.717) is 0 Å². The summed E-state index contributed by atoms with van der Waals surface area (Å²) in [6.07, 6.45) is 5.28. The van der Waals surface area contributed by atoms with Crippen molar-refractivity contribution in [1.82, 2.24) is 9.78 Å². The van der Waals surface area contributed by atoms with E-state index < -0.39 is 0 Å². The van der Waals surface area contributed by atoms with E-state index >= 15 is 0 Å². The van der Waals surface area contributed by atoms with E-state index in [0.717, 1.165) is 17.3 Å². The Balaban J connectivity index is 0.000000921. The molecule has 1 N–H and O–H groups in total. The van der Waals surface area contributed by atoms with Gasteiger partial charge in [-0.15, -0.1) is 0 Å². The van der Waals surface area contributed by atoms with Crippen molar-refractivity contribution in [2.45, 2.75) is 52.7 Å². The summed E-state index contributed by atoms with van der Waals surface area (Å²) in [5, 5.41) is 13.7. The highest BCUT2D eigenvalue weighted by Crippen LogP contribution is 2.19. The molecule has 0 spiro atoms. The number of aliphatic hydroxyl groups excluding tert-OH is 1. The van der Waals surface area contributed by atoms with E-state index in [1.807, 2.05) is 24.7 Å². The number of hydrogen-bond donors (Lipinski definition) is 1. The van der Waals surface area contributed by atoms with Gasteiger partial charge in [0.25, 0.3) is 0 Å². The lowest BCUT2D eigenvalue weighted by Crippen LogP contribution is -2.21. The van der Waals surface area contributed by atoms with E-state index in [4.69, 9.17) is 0 Å². The second-order valence-electron chi connectivity index (χ2n) is 3.24. The molecule has 1 rings (SSSR count). The Kier molecular flexibility index (Phi) is 7.70. The number of rotatable bonds is 4. The minimum Gasteiger partial charge on any atom is -0.391 e. The van der Waals surface area contributed by atoms with Gasteiger partial charge in [0.15, 0.2) is 0 Å². The maximum Gasteiger partial charge on any atom is 0.0775 e. The van der Waals surface area contributed by atoms with Crippen molar-refractivity contribution in [3.05, 3.63) is 16.9 Å². The number of aromatic nitrogens is 2. The fraction of sp³-hybridized carbons (Fsp3) is 0.727. The summed E-state index contributed by atoms with van der Waals surface area (Å²) < 4.78 is 2.77. The lowest BCUT2D eigenvalue weighted by Gasteiger charge is -2.19. The Morgan fingerprint density at radius 1 is 1.53 bits per heavy atom. The molecule has 0 aliphatic heterocycles. The molecular formula is C11H21BrN2O. The first-order chi connectivity index (χ1) is 7.15. The molecule has 0 saturated carbocycles. The summed E-state index contributed by atoms with van der Waals surface area (Å²) in [4.78, 5) is 0. The van der Waals surface area contributed by atoms with Crippen molar-refractivity contribution >= 4 is 15.9 Å². The Hall–Kier alpha value is -0.350. The van der Waals surface area contributed by atoms with Crippen LogP contribution >= 0.6 is 15.9 Å². The van der Waals surface area contributed by atoms with Crippen molar-refractivity contribution < 1.29 is 5.11 Å². The predicted octanol–water partition coefficient (Wildman–Crippen LogP) is 3.39. The monoisotopic (exact) mass is 276 g/mol. The lowest BCUT2D eigenvalue weighted by atomic mass is 10.1. The number of nitrogens with zero attached hydrogens (tertiary/aromatic N) is 2. The summed E-state index contributed by atoms with van der Waals surface area (Å²) in [7, 11) is 0. The van der Waals surface area contributed by atoms with Gasteiger partial charge in [-0.1, -0.05) is 27.2 Å². The van der Waals surface area contributed by atoms with Crippen LogP contribution in [-0.4, -0.2) is 21.0 Å². The standard InChI is InChI=1S/C9H15BrN2O.C2H6/c1-3-4-9(7(2)13)12-6-8(10)5-11-12;1-2/h5-7,9,13H,3-4H2,1-2H3;1-2H3. The van der Waals surface area contributed by atoms with Crippen LogP contribution < -0.4 is 0 Å². The van der Waals surface area contributed by atoms with Gasteiger partial charge in [0.2, 0.25) is 0 Å². The molecule has 4 heteroatoms. The van der Waals surface area contributed by atoms with Crippen LogP contribution in [0.1, 0.15) is 46.6 Å².